The Morgan fingerprint density at radius 3 is 2.77 bits per heavy atom. The highest BCUT2D eigenvalue weighted by Crippen LogP contribution is 2.30. The first kappa shape index (κ1) is 20.5. The molecule has 0 unspecified atom stereocenters. The lowest BCUT2D eigenvalue weighted by molar-refractivity contribution is -0.116. The van der Waals surface area contributed by atoms with Crippen LogP contribution in [0.5, 0.6) is 11.6 Å². The first-order chi connectivity index (χ1) is 14.9. The lowest BCUT2D eigenvalue weighted by Crippen LogP contribution is -2.15. The van der Waals surface area contributed by atoms with E-state index in [0.717, 1.165) is 28.1 Å². The fraction of sp³-hybridized carbons (Fsp3) is 0.261. The van der Waals surface area contributed by atoms with Crippen LogP contribution in [0.25, 0.3) is 5.78 Å². The Bertz CT molecular complexity index is 1260. The van der Waals surface area contributed by atoms with Gasteiger partial charge in [0.25, 0.3) is 5.78 Å². The summed E-state index contributed by atoms with van der Waals surface area (Å²) in [6.07, 6.45) is 3.95. The Hall–Kier alpha value is -3.81. The van der Waals surface area contributed by atoms with Gasteiger partial charge in [0.1, 0.15) is 17.8 Å². The van der Waals surface area contributed by atoms with E-state index in [2.05, 4.69) is 25.4 Å². The highest BCUT2D eigenvalue weighted by Gasteiger charge is 2.15. The fourth-order valence-corrected chi connectivity index (χ4v) is 3.47. The van der Waals surface area contributed by atoms with E-state index in [0.29, 0.717) is 35.9 Å². The number of hydrogen-bond donors (Lipinski definition) is 1. The first-order valence-electron chi connectivity index (χ1n) is 10.1. The number of benzene rings is 1. The molecule has 0 saturated carbocycles. The van der Waals surface area contributed by atoms with E-state index in [1.54, 1.807) is 22.8 Å². The summed E-state index contributed by atoms with van der Waals surface area (Å²) >= 11 is 0. The predicted octanol–water partition coefficient (Wildman–Crippen LogP) is 4.12. The van der Waals surface area contributed by atoms with E-state index in [9.17, 15) is 4.79 Å². The number of pyridine rings is 1. The predicted molar refractivity (Wildman–Crippen MR) is 117 cm³/mol. The summed E-state index contributed by atoms with van der Waals surface area (Å²) < 4.78 is 7.70. The Morgan fingerprint density at radius 2 is 1.94 bits per heavy atom. The molecule has 8 nitrogen and oxygen atoms in total. The van der Waals surface area contributed by atoms with Crippen LogP contribution < -0.4 is 10.1 Å². The summed E-state index contributed by atoms with van der Waals surface area (Å²) in [6, 6.07) is 9.40. The third kappa shape index (κ3) is 4.23. The van der Waals surface area contributed by atoms with Crippen molar-refractivity contribution >= 4 is 17.4 Å². The van der Waals surface area contributed by atoms with Gasteiger partial charge in [0.15, 0.2) is 0 Å². The molecule has 3 aromatic heterocycles. The Labute approximate surface area is 180 Å². The van der Waals surface area contributed by atoms with Gasteiger partial charge in [-0.15, -0.1) is 0 Å². The summed E-state index contributed by atoms with van der Waals surface area (Å²) in [5.74, 6) is 1.51. The molecule has 0 aliphatic rings. The van der Waals surface area contributed by atoms with Crippen LogP contribution in [-0.4, -0.2) is 30.5 Å². The molecule has 31 heavy (non-hydrogen) atoms. The summed E-state index contributed by atoms with van der Waals surface area (Å²) in [5, 5.41) is 7.12. The second-order valence-corrected chi connectivity index (χ2v) is 7.44. The summed E-state index contributed by atoms with van der Waals surface area (Å²) in [5.41, 5.74) is 5.48. The van der Waals surface area contributed by atoms with Crippen LogP contribution in [0.4, 0.5) is 5.69 Å². The summed E-state index contributed by atoms with van der Waals surface area (Å²) in [7, 11) is 0. The van der Waals surface area contributed by atoms with E-state index < -0.39 is 0 Å². The molecule has 158 valence electrons. The number of ether oxygens (including phenoxy) is 1. The molecule has 4 rings (SSSR count). The van der Waals surface area contributed by atoms with Gasteiger partial charge in [-0.3, -0.25) is 4.79 Å². The van der Waals surface area contributed by atoms with Gasteiger partial charge in [0, 0.05) is 24.0 Å². The van der Waals surface area contributed by atoms with Gasteiger partial charge < -0.3 is 10.1 Å². The Balaban J connectivity index is 1.48. The lowest BCUT2D eigenvalue weighted by atomic mass is 10.1. The zero-order chi connectivity index (χ0) is 22.0. The highest BCUT2D eigenvalue weighted by atomic mass is 16.5. The van der Waals surface area contributed by atoms with Crippen molar-refractivity contribution < 1.29 is 9.53 Å². The van der Waals surface area contributed by atoms with Gasteiger partial charge in [0.05, 0.1) is 0 Å². The van der Waals surface area contributed by atoms with Crippen molar-refractivity contribution in [3.05, 3.63) is 70.9 Å². The largest absolute Gasteiger partial charge is 0.437 e. The maximum absolute atomic E-state index is 12.7. The van der Waals surface area contributed by atoms with Crippen LogP contribution >= 0.6 is 0 Å². The average molecular weight is 416 g/mol. The zero-order valence-corrected chi connectivity index (χ0v) is 18.0. The van der Waals surface area contributed by atoms with Crippen molar-refractivity contribution in [1.82, 2.24) is 24.6 Å². The Kier molecular flexibility index (Phi) is 5.62. The van der Waals surface area contributed by atoms with Gasteiger partial charge in [-0.25, -0.2) is 14.5 Å². The molecule has 0 fully saturated rings. The van der Waals surface area contributed by atoms with Crippen LogP contribution in [0, 0.1) is 27.7 Å². The van der Waals surface area contributed by atoms with E-state index >= 15 is 0 Å². The minimum absolute atomic E-state index is 0.128. The van der Waals surface area contributed by atoms with E-state index in [-0.39, 0.29) is 5.91 Å². The summed E-state index contributed by atoms with van der Waals surface area (Å²) in [4.78, 5) is 25.6. The van der Waals surface area contributed by atoms with Gasteiger partial charge in [-0.05, 0) is 69.0 Å². The van der Waals surface area contributed by atoms with Crippen molar-refractivity contribution in [2.75, 3.05) is 5.32 Å². The minimum atomic E-state index is -0.128. The number of anilines is 1. The molecule has 0 atom stereocenters. The van der Waals surface area contributed by atoms with Gasteiger partial charge in [0.2, 0.25) is 11.8 Å². The van der Waals surface area contributed by atoms with E-state index in [1.165, 1.54) is 6.33 Å². The molecular formula is C23H24N6O2. The van der Waals surface area contributed by atoms with Crippen molar-refractivity contribution in [3.8, 4) is 11.6 Å². The highest BCUT2D eigenvalue weighted by molar-refractivity contribution is 5.92. The molecule has 0 radical (unpaired) electrons. The molecule has 0 spiro atoms. The van der Waals surface area contributed by atoms with Crippen molar-refractivity contribution in [3.63, 3.8) is 0 Å². The normalized spacial score (nSPS) is 11.0. The molecule has 4 aromatic rings. The number of fused-ring (bicyclic) bond motifs is 1. The van der Waals surface area contributed by atoms with Crippen LogP contribution in [0.1, 0.15) is 34.5 Å². The number of carbonyl (C=O) groups is 1. The smallest absolute Gasteiger partial charge is 0.252 e. The van der Waals surface area contributed by atoms with Crippen molar-refractivity contribution in [2.45, 2.75) is 40.5 Å². The standard InChI is InChI=1S/C23H24N6O2/c1-14-7-5-9-20(15(14)2)31-22-19(8-6-12-24-22)28-21(30)11-10-18-16(3)27-23-25-13-26-29(23)17(18)4/h5-9,12-13H,10-11H2,1-4H3,(H,28,30). The average Bonchev–Trinajstić information content (AvgIpc) is 3.21. The number of aryl methyl sites for hydroxylation is 3. The molecule has 8 heteroatoms. The number of nitrogens with one attached hydrogen (secondary N) is 1. The minimum Gasteiger partial charge on any atom is -0.437 e. The van der Waals surface area contributed by atoms with Gasteiger partial charge in [-0.1, -0.05) is 12.1 Å². The number of aromatic nitrogens is 5. The third-order valence-electron chi connectivity index (χ3n) is 5.40. The van der Waals surface area contributed by atoms with Crippen LogP contribution in [-0.2, 0) is 11.2 Å². The number of carbonyl (C=O) groups excluding carboxylic acids is 1. The molecule has 0 aliphatic heterocycles. The van der Waals surface area contributed by atoms with Crippen molar-refractivity contribution in [1.29, 1.82) is 0 Å². The molecule has 1 N–H and O–H groups in total. The molecule has 0 aliphatic carbocycles. The van der Waals surface area contributed by atoms with Gasteiger partial charge >= 0.3 is 0 Å². The fourth-order valence-electron chi connectivity index (χ4n) is 3.47. The topological polar surface area (TPSA) is 94.3 Å². The molecule has 0 saturated heterocycles. The lowest BCUT2D eigenvalue weighted by Gasteiger charge is -2.14. The van der Waals surface area contributed by atoms with Gasteiger partial charge in [-0.2, -0.15) is 10.1 Å². The molecule has 1 aromatic carbocycles. The summed E-state index contributed by atoms with van der Waals surface area (Å²) in [6.45, 7) is 7.91. The third-order valence-corrected chi connectivity index (χ3v) is 5.40. The second kappa shape index (κ2) is 8.51. The molecular weight excluding hydrogens is 392 g/mol. The SMILES string of the molecule is Cc1cccc(Oc2ncccc2NC(=O)CCc2c(C)nc3ncnn3c2C)c1C. The Morgan fingerprint density at radius 1 is 1.10 bits per heavy atom. The number of nitrogens with zero attached hydrogens (tertiary/aromatic N) is 5. The molecule has 1 amide bonds. The maximum atomic E-state index is 12.7. The zero-order valence-electron chi connectivity index (χ0n) is 18.0. The first-order valence-corrected chi connectivity index (χ1v) is 10.1. The second-order valence-electron chi connectivity index (χ2n) is 7.44. The van der Waals surface area contributed by atoms with Crippen LogP contribution in [0.2, 0.25) is 0 Å². The van der Waals surface area contributed by atoms with E-state index in [4.69, 9.17) is 4.74 Å². The number of rotatable bonds is 6. The maximum Gasteiger partial charge on any atom is 0.252 e. The quantitative estimate of drug-likeness (QED) is 0.508. The number of hydrogen-bond acceptors (Lipinski definition) is 6. The number of amides is 1. The van der Waals surface area contributed by atoms with Crippen LogP contribution in [0.15, 0.2) is 42.9 Å². The van der Waals surface area contributed by atoms with Crippen molar-refractivity contribution in [2.24, 2.45) is 0 Å². The monoisotopic (exact) mass is 416 g/mol. The molecule has 3 heterocycles. The molecule has 0 bridgehead atoms. The van der Waals surface area contributed by atoms with E-state index in [1.807, 2.05) is 45.9 Å². The van der Waals surface area contributed by atoms with Crippen LogP contribution in [0.3, 0.4) is 0 Å².